The number of likely N-dealkylation sites (N-methyl/N-ethyl adjacent to an activating group) is 1. The molecule has 112 valence electrons. The van der Waals surface area contributed by atoms with Crippen molar-refractivity contribution in [3.05, 3.63) is 30.6 Å². The highest BCUT2D eigenvalue weighted by Gasteiger charge is 2.20. The minimum Gasteiger partial charge on any atom is -0.495 e. The number of nitrogen functional groups attached to an aromatic ring is 1. The molecule has 2 N–H and O–H groups in total. The smallest absolute Gasteiger partial charge is 0.143 e. The number of piperazine rings is 1. The van der Waals surface area contributed by atoms with E-state index in [1.807, 2.05) is 29.1 Å². The number of rotatable bonds is 3. The molecule has 1 aliphatic rings. The van der Waals surface area contributed by atoms with Gasteiger partial charge in [-0.1, -0.05) is 0 Å². The monoisotopic (exact) mass is 287 g/mol. The van der Waals surface area contributed by atoms with Crippen molar-refractivity contribution in [2.45, 2.75) is 0 Å². The zero-order chi connectivity index (χ0) is 14.8. The molecule has 2 aromatic rings. The van der Waals surface area contributed by atoms with E-state index in [1.165, 1.54) is 0 Å². The van der Waals surface area contributed by atoms with E-state index in [0.29, 0.717) is 11.4 Å². The Morgan fingerprint density at radius 1 is 1.14 bits per heavy atom. The number of anilines is 2. The van der Waals surface area contributed by atoms with Crippen LogP contribution in [0.1, 0.15) is 0 Å². The maximum atomic E-state index is 6.07. The van der Waals surface area contributed by atoms with Crippen LogP contribution >= 0.6 is 0 Å². The lowest BCUT2D eigenvalue weighted by molar-refractivity contribution is 0.312. The Kier molecular flexibility index (Phi) is 3.70. The lowest BCUT2D eigenvalue weighted by Crippen LogP contribution is -2.44. The predicted molar refractivity (Wildman–Crippen MR) is 84.2 cm³/mol. The summed E-state index contributed by atoms with van der Waals surface area (Å²) in [4.78, 5) is 4.69. The summed E-state index contributed by atoms with van der Waals surface area (Å²) in [5.41, 5.74) is 8.79. The summed E-state index contributed by atoms with van der Waals surface area (Å²) in [6.45, 7) is 4.06. The van der Waals surface area contributed by atoms with E-state index in [2.05, 4.69) is 21.9 Å². The molecule has 1 fully saturated rings. The quantitative estimate of drug-likeness (QED) is 0.860. The van der Waals surface area contributed by atoms with Gasteiger partial charge in [0.05, 0.1) is 24.2 Å². The zero-order valence-electron chi connectivity index (χ0n) is 12.5. The second-order valence-corrected chi connectivity index (χ2v) is 5.32. The van der Waals surface area contributed by atoms with Crippen LogP contribution in [0.4, 0.5) is 11.4 Å². The highest BCUT2D eigenvalue weighted by atomic mass is 16.5. The van der Waals surface area contributed by atoms with Crippen molar-refractivity contribution < 1.29 is 4.74 Å². The molecule has 6 heteroatoms. The van der Waals surface area contributed by atoms with Crippen LogP contribution < -0.4 is 15.4 Å². The van der Waals surface area contributed by atoms with Gasteiger partial charge in [-0.25, -0.2) is 4.68 Å². The fraction of sp³-hybridized carbons (Fsp3) is 0.400. The Hall–Kier alpha value is -2.21. The fourth-order valence-corrected chi connectivity index (χ4v) is 2.65. The van der Waals surface area contributed by atoms with Crippen LogP contribution in [0.25, 0.3) is 5.69 Å². The first-order valence-corrected chi connectivity index (χ1v) is 7.10. The number of aromatic nitrogens is 2. The second-order valence-electron chi connectivity index (χ2n) is 5.32. The molecule has 21 heavy (non-hydrogen) atoms. The Morgan fingerprint density at radius 3 is 2.52 bits per heavy atom. The van der Waals surface area contributed by atoms with Gasteiger partial charge in [-0.3, -0.25) is 0 Å². The molecule has 0 spiro atoms. The van der Waals surface area contributed by atoms with E-state index in [0.717, 1.165) is 37.6 Å². The van der Waals surface area contributed by atoms with Crippen LogP contribution in [0.2, 0.25) is 0 Å². The first-order valence-electron chi connectivity index (χ1n) is 7.10. The van der Waals surface area contributed by atoms with Crippen molar-refractivity contribution >= 4 is 11.4 Å². The van der Waals surface area contributed by atoms with Crippen LogP contribution in [0.15, 0.2) is 30.6 Å². The molecule has 0 radical (unpaired) electrons. The van der Waals surface area contributed by atoms with Gasteiger partial charge in [0.25, 0.3) is 0 Å². The average molecular weight is 287 g/mol. The molecular formula is C15H21N5O. The zero-order valence-corrected chi connectivity index (χ0v) is 12.5. The minimum absolute atomic E-state index is 0.626. The van der Waals surface area contributed by atoms with Gasteiger partial charge >= 0.3 is 0 Å². The molecule has 2 heterocycles. The minimum atomic E-state index is 0.626. The first-order chi connectivity index (χ1) is 10.2. The molecule has 0 amide bonds. The number of hydrogen-bond donors (Lipinski definition) is 1. The molecule has 0 unspecified atom stereocenters. The molecule has 1 aromatic carbocycles. The number of methoxy groups -OCH3 is 1. The number of benzene rings is 1. The van der Waals surface area contributed by atoms with Crippen molar-refractivity contribution in [3.8, 4) is 11.4 Å². The van der Waals surface area contributed by atoms with Gasteiger partial charge in [-0.15, -0.1) is 0 Å². The Bertz CT molecular complexity index is 603. The average Bonchev–Trinajstić information content (AvgIpc) is 3.02. The summed E-state index contributed by atoms with van der Waals surface area (Å²) >= 11 is 0. The van der Waals surface area contributed by atoms with Crippen LogP contribution in [0, 0.1) is 0 Å². The SMILES string of the molecule is COc1cc(N2CCN(C)CC2)c(-n2cccn2)cc1N. The van der Waals surface area contributed by atoms with Crippen molar-refractivity contribution in [1.29, 1.82) is 0 Å². The molecule has 1 aromatic heterocycles. The van der Waals surface area contributed by atoms with Gasteiger partial charge in [0, 0.05) is 44.6 Å². The number of nitrogens with zero attached hydrogens (tertiary/aromatic N) is 4. The van der Waals surface area contributed by atoms with E-state index in [9.17, 15) is 0 Å². The maximum absolute atomic E-state index is 6.07. The van der Waals surface area contributed by atoms with Gasteiger partial charge in [-0.2, -0.15) is 5.10 Å². The summed E-state index contributed by atoms with van der Waals surface area (Å²) in [6, 6.07) is 5.85. The number of hydrogen-bond acceptors (Lipinski definition) is 5. The topological polar surface area (TPSA) is 59.5 Å². The molecule has 6 nitrogen and oxygen atoms in total. The van der Waals surface area contributed by atoms with Crippen LogP contribution in [0.5, 0.6) is 5.75 Å². The van der Waals surface area contributed by atoms with Crippen molar-refractivity contribution in [1.82, 2.24) is 14.7 Å². The summed E-state index contributed by atoms with van der Waals surface area (Å²) in [5, 5.41) is 4.34. The maximum Gasteiger partial charge on any atom is 0.143 e. The Labute approximate surface area is 124 Å². The van der Waals surface area contributed by atoms with Crippen LogP contribution in [-0.2, 0) is 0 Å². The lowest BCUT2D eigenvalue weighted by atomic mass is 10.2. The van der Waals surface area contributed by atoms with Crippen molar-refractivity contribution in [2.75, 3.05) is 51.0 Å². The number of nitrogens with two attached hydrogens (primary N) is 1. The third-order valence-electron chi connectivity index (χ3n) is 3.92. The van der Waals surface area contributed by atoms with E-state index in [-0.39, 0.29) is 0 Å². The summed E-state index contributed by atoms with van der Waals surface area (Å²) in [5.74, 6) is 0.708. The fourth-order valence-electron chi connectivity index (χ4n) is 2.65. The van der Waals surface area contributed by atoms with E-state index in [4.69, 9.17) is 10.5 Å². The molecule has 0 atom stereocenters. The lowest BCUT2D eigenvalue weighted by Gasteiger charge is -2.35. The molecule has 0 bridgehead atoms. The normalized spacial score (nSPS) is 16.2. The first kappa shape index (κ1) is 13.8. The van der Waals surface area contributed by atoms with Gasteiger partial charge in [0.2, 0.25) is 0 Å². The molecule has 0 saturated carbocycles. The van der Waals surface area contributed by atoms with Crippen LogP contribution in [0.3, 0.4) is 0 Å². The predicted octanol–water partition coefficient (Wildman–Crippen LogP) is 1.21. The molecule has 1 aliphatic heterocycles. The van der Waals surface area contributed by atoms with Gasteiger partial charge < -0.3 is 20.3 Å². The van der Waals surface area contributed by atoms with E-state index < -0.39 is 0 Å². The summed E-state index contributed by atoms with van der Waals surface area (Å²) in [7, 11) is 3.79. The highest BCUT2D eigenvalue weighted by Crippen LogP contribution is 2.34. The standard InChI is InChI=1S/C15H21N5O/c1-18-6-8-19(9-7-18)13-11-15(21-2)12(16)10-14(13)20-5-3-4-17-20/h3-5,10-11H,6-9,16H2,1-2H3. The van der Waals surface area contributed by atoms with Crippen LogP contribution in [-0.4, -0.2) is 55.0 Å². The largest absolute Gasteiger partial charge is 0.495 e. The third kappa shape index (κ3) is 2.67. The van der Waals surface area contributed by atoms with Gasteiger partial charge in [0.1, 0.15) is 5.75 Å². The molecule has 1 saturated heterocycles. The van der Waals surface area contributed by atoms with Gasteiger partial charge in [0.15, 0.2) is 0 Å². The van der Waals surface area contributed by atoms with Gasteiger partial charge in [-0.05, 0) is 19.2 Å². The molecular weight excluding hydrogens is 266 g/mol. The Balaban J connectivity index is 2.04. The number of ether oxygens (including phenoxy) is 1. The van der Waals surface area contributed by atoms with E-state index >= 15 is 0 Å². The molecule has 0 aliphatic carbocycles. The molecule has 3 rings (SSSR count). The third-order valence-corrected chi connectivity index (χ3v) is 3.92. The van der Waals surface area contributed by atoms with Crippen molar-refractivity contribution in [2.24, 2.45) is 0 Å². The summed E-state index contributed by atoms with van der Waals surface area (Å²) in [6.07, 6.45) is 3.70. The highest BCUT2D eigenvalue weighted by molar-refractivity contribution is 5.73. The second kappa shape index (κ2) is 5.65. The van der Waals surface area contributed by atoms with E-state index in [1.54, 1.807) is 13.3 Å². The van der Waals surface area contributed by atoms with Crippen molar-refractivity contribution in [3.63, 3.8) is 0 Å². The summed E-state index contributed by atoms with van der Waals surface area (Å²) < 4.78 is 7.23. The Morgan fingerprint density at radius 2 is 1.90 bits per heavy atom.